The summed E-state index contributed by atoms with van der Waals surface area (Å²) in [4.78, 5) is 67.1. The first-order valence-electron chi connectivity index (χ1n) is 16.5. The summed E-state index contributed by atoms with van der Waals surface area (Å²) in [5.41, 5.74) is 1.53. The molecule has 2 aliphatic heterocycles. The van der Waals surface area contributed by atoms with Gasteiger partial charge in [-0.15, -0.1) is 0 Å². The summed E-state index contributed by atoms with van der Waals surface area (Å²) < 4.78 is 51.5. The number of ether oxygens (including phenoxy) is 2. The number of carbonyl (C=O) groups excluding carboxylic acids is 5. The Morgan fingerprint density at radius 1 is 0.920 bits per heavy atom. The van der Waals surface area contributed by atoms with Crippen molar-refractivity contribution in [2.24, 2.45) is 11.8 Å². The lowest BCUT2D eigenvalue weighted by molar-refractivity contribution is -0.142. The third-order valence-electron chi connectivity index (χ3n) is 8.67. The van der Waals surface area contributed by atoms with Crippen molar-refractivity contribution < 1.29 is 51.8 Å². The highest BCUT2D eigenvalue weighted by atomic mass is 19.4. The Morgan fingerprint density at radius 2 is 1.64 bits per heavy atom. The van der Waals surface area contributed by atoms with Gasteiger partial charge in [-0.2, -0.15) is 13.2 Å². The van der Waals surface area contributed by atoms with E-state index in [-0.39, 0.29) is 56.5 Å². The van der Waals surface area contributed by atoms with Crippen molar-refractivity contribution in [1.82, 2.24) is 26.3 Å². The minimum Gasteiger partial charge on any atom is -0.450 e. The number of cyclic esters (lactones) is 1. The number of hydroxylamine groups is 1. The number of carbonyl (C=O) groups is 5. The zero-order valence-corrected chi connectivity index (χ0v) is 27.4. The molecule has 0 bridgehead atoms. The molecule has 0 aromatic heterocycles. The Kier molecular flexibility index (Phi) is 14.1. The van der Waals surface area contributed by atoms with Gasteiger partial charge in [0.25, 0.3) is 0 Å². The van der Waals surface area contributed by atoms with Crippen LogP contribution in [0, 0.1) is 11.8 Å². The van der Waals surface area contributed by atoms with E-state index in [1.54, 1.807) is 17.6 Å². The first-order valence-corrected chi connectivity index (χ1v) is 16.5. The molecule has 16 heteroatoms. The van der Waals surface area contributed by atoms with Gasteiger partial charge >= 0.3 is 12.3 Å². The van der Waals surface area contributed by atoms with E-state index < -0.39 is 59.3 Å². The first-order chi connectivity index (χ1) is 24.0. The molecule has 50 heavy (non-hydrogen) atoms. The number of benzene rings is 2. The number of halogens is 3. The fraction of sp³-hybridized carbons (Fsp3) is 0.500. The summed E-state index contributed by atoms with van der Waals surface area (Å²) in [6.07, 6.45) is -4.34. The number of amides is 5. The number of imide groups is 1. The first kappa shape index (κ1) is 38.3. The van der Waals surface area contributed by atoms with Crippen LogP contribution in [-0.2, 0) is 41.2 Å². The minimum absolute atomic E-state index is 0.0102. The Hall–Kier alpha value is -4.54. The number of nitrogens with zero attached hydrogens (tertiary/aromatic N) is 1. The second kappa shape index (κ2) is 18.5. The Morgan fingerprint density at radius 3 is 2.34 bits per heavy atom. The summed E-state index contributed by atoms with van der Waals surface area (Å²) in [5, 5.41) is 17.3. The standard InChI is InChI=1S/C34H42F3N5O8/c35-34(36,37)27-8-2-1-6-24(27)23-12-10-22(11-13-23)20-26-25(31(45)41-48)7-5-17-50-33(47)38-14-4-3-9-28(39-30(26)44)32(46)40-29(43)21-42-15-18-49-19-16-42/h1-2,6,8,10-13,25-26,28,48H,3-5,7,9,14-21H2,(H,38,47)(H,39,44)(H,41,45)(H,40,43,46)/t25?,26-,28?/m1/s1. The number of alkyl carbamates (subject to hydrolysis) is 1. The highest BCUT2D eigenvalue weighted by molar-refractivity contribution is 6.00. The largest absolute Gasteiger partial charge is 0.450 e. The summed E-state index contributed by atoms with van der Waals surface area (Å²) in [7, 11) is 0. The van der Waals surface area contributed by atoms with Gasteiger partial charge in [-0.3, -0.25) is 34.6 Å². The number of morpholine rings is 1. The molecule has 3 atom stereocenters. The normalized spacial score (nSPS) is 21.7. The maximum Gasteiger partial charge on any atom is 0.417 e. The van der Waals surface area contributed by atoms with E-state index in [2.05, 4.69) is 16.0 Å². The molecule has 4 rings (SSSR count). The third-order valence-corrected chi connectivity index (χ3v) is 8.67. The summed E-state index contributed by atoms with van der Waals surface area (Å²) >= 11 is 0. The lowest BCUT2D eigenvalue weighted by atomic mass is 9.82. The van der Waals surface area contributed by atoms with Crippen molar-refractivity contribution in [2.75, 3.05) is 46.0 Å². The van der Waals surface area contributed by atoms with Gasteiger partial charge in [0.05, 0.1) is 43.8 Å². The molecule has 0 aliphatic carbocycles. The quantitative estimate of drug-likeness (QED) is 0.214. The summed E-state index contributed by atoms with van der Waals surface area (Å²) in [6.45, 7) is 2.04. The van der Waals surface area contributed by atoms with Gasteiger partial charge < -0.3 is 20.1 Å². The van der Waals surface area contributed by atoms with Crippen LogP contribution in [0.4, 0.5) is 18.0 Å². The van der Waals surface area contributed by atoms with Crippen molar-refractivity contribution in [2.45, 2.75) is 50.7 Å². The predicted octanol–water partition coefficient (Wildman–Crippen LogP) is 2.80. The molecule has 5 N–H and O–H groups in total. The molecule has 2 aliphatic rings. The van der Waals surface area contributed by atoms with E-state index in [0.717, 1.165) is 6.07 Å². The molecule has 0 spiro atoms. The highest BCUT2D eigenvalue weighted by Crippen LogP contribution is 2.37. The molecule has 2 saturated heterocycles. The second-order valence-corrected chi connectivity index (χ2v) is 12.2. The fourth-order valence-electron chi connectivity index (χ4n) is 6.03. The average molecular weight is 706 g/mol. The fourth-order valence-corrected chi connectivity index (χ4v) is 6.03. The Balaban J connectivity index is 1.59. The topological polar surface area (TPSA) is 175 Å². The van der Waals surface area contributed by atoms with Crippen LogP contribution in [0.15, 0.2) is 48.5 Å². The molecule has 2 aromatic rings. The van der Waals surface area contributed by atoms with Gasteiger partial charge in [0, 0.05) is 19.6 Å². The summed E-state index contributed by atoms with van der Waals surface area (Å²) in [5.74, 6) is -5.27. The van der Waals surface area contributed by atoms with Crippen LogP contribution in [0.1, 0.15) is 43.2 Å². The molecular formula is C34H42F3N5O8. The SMILES string of the molecule is O=C(CN1CCOCC1)NC(=O)C1CCCCNC(=O)OCCCC(C(=O)NO)[C@@H](Cc2ccc(-c3ccccc3C(F)(F)F)cc2)C(=O)N1. The number of hydrogen-bond acceptors (Lipinski definition) is 9. The number of hydrogen-bond donors (Lipinski definition) is 5. The van der Waals surface area contributed by atoms with Crippen molar-refractivity contribution >= 4 is 29.7 Å². The lowest BCUT2D eigenvalue weighted by Gasteiger charge is -2.28. The van der Waals surface area contributed by atoms with Crippen molar-refractivity contribution in [3.05, 3.63) is 59.7 Å². The smallest absolute Gasteiger partial charge is 0.417 e. The van der Waals surface area contributed by atoms with Crippen LogP contribution in [0.3, 0.4) is 0 Å². The van der Waals surface area contributed by atoms with Crippen LogP contribution in [-0.4, -0.2) is 91.9 Å². The van der Waals surface area contributed by atoms with Gasteiger partial charge in [0.1, 0.15) is 6.04 Å². The van der Waals surface area contributed by atoms with Crippen LogP contribution in [0.2, 0.25) is 0 Å². The van der Waals surface area contributed by atoms with Crippen LogP contribution in [0.5, 0.6) is 0 Å². The highest BCUT2D eigenvalue weighted by Gasteiger charge is 2.36. The van der Waals surface area contributed by atoms with Crippen molar-refractivity contribution in [3.8, 4) is 11.1 Å². The zero-order valence-electron chi connectivity index (χ0n) is 27.4. The van der Waals surface area contributed by atoms with Crippen molar-refractivity contribution in [1.29, 1.82) is 0 Å². The van der Waals surface area contributed by atoms with Crippen molar-refractivity contribution in [3.63, 3.8) is 0 Å². The molecule has 5 amide bonds. The number of nitrogens with one attached hydrogen (secondary N) is 4. The minimum atomic E-state index is -4.58. The van der Waals surface area contributed by atoms with E-state index >= 15 is 0 Å². The van der Waals surface area contributed by atoms with E-state index in [1.165, 1.54) is 30.3 Å². The maximum absolute atomic E-state index is 14.0. The third kappa shape index (κ3) is 11.2. The van der Waals surface area contributed by atoms with E-state index in [4.69, 9.17) is 9.47 Å². The average Bonchev–Trinajstić information content (AvgIpc) is 3.10. The van der Waals surface area contributed by atoms with E-state index in [9.17, 15) is 42.4 Å². The van der Waals surface area contributed by atoms with Gasteiger partial charge in [-0.05, 0) is 61.3 Å². The van der Waals surface area contributed by atoms with Gasteiger partial charge in [0.15, 0.2) is 0 Å². The summed E-state index contributed by atoms with van der Waals surface area (Å²) in [6, 6.07) is 9.99. The van der Waals surface area contributed by atoms with Crippen LogP contribution < -0.4 is 21.4 Å². The molecule has 2 aromatic carbocycles. The molecule has 272 valence electrons. The molecule has 2 fully saturated rings. The maximum atomic E-state index is 14.0. The van der Waals surface area contributed by atoms with Crippen LogP contribution >= 0.6 is 0 Å². The molecule has 2 unspecified atom stereocenters. The van der Waals surface area contributed by atoms with Gasteiger partial charge in [-0.25, -0.2) is 10.3 Å². The van der Waals surface area contributed by atoms with Gasteiger partial charge in [0.2, 0.25) is 23.6 Å². The molecule has 13 nitrogen and oxygen atoms in total. The van der Waals surface area contributed by atoms with Gasteiger partial charge in [-0.1, -0.05) is 42.5 Å². The molecule has 0 radical (unpaired) electrons. The predicted molar refractivity (Wildman–Crippen MR) is 172 cm³/mol. The lowest BCUT2D eigenvalue weighted by Crippen LogP contribution is -2.53. The van der Waals surface area contributed by atoms with Crippen LogP contribution in [0.25, 0.3) is 11.1 Å². The molecular weight excluding hydrogens is 663 g/mol. The second-order valence-electron chi connectivity index (χ2n) is 12.2. The van der Waals surface area contributed by atoms with E-state index in [1.807, 2.05) is 4.90 Å². The molecule has 0 saturated carbocycles. The van der Waals surface area contributed by atoms with E-state index in [0.29, 0.717) is 44.7 Å². The Labute approximate surface area is 287 Å². The Bertz CT molecular complexity index is 1480. The monoisotopic (exact) mass is 705 g/mol. The number of rotatable bonds is 7. The molecule has 2 heterocycles. The zero-order chi connectivity index (χ0) is 36.1. The number of alkyl halides is 3.